The number of morpholine rings is 1. The first-order valence-corrected chi connectivity index (χ1v) is 12.0. The number of anilines is 1. The van der Waals surface area contributed by atoms with Crippen LogP contribution < -0.4 is 4.90 Å². The summed E-state index contributed by atoms with van der Waals surface area (Å²) in [5.41, 5.74) is 0.376. The number of thiophene rings is 1. The Morgan fingerprint density at radius 1 is 1.18 bits per heavy atom. The maximum atomic E-state index is 13.6. The predicted molar refractivity (Wildman–Crippen MR) is 133 cm³/mol. The minimum absolute atomic E-state index is 0.206. The molecule has 0 aliphatic carbocycles. The largest absolute Gasteiger partial charge is 0.465 e. The molecule has 1 aliphatic heterocycles. The van der Waals surface area contributed by atoms with Crippen molar-refractivity contribution in [3.8, 4) is 11.8 Å². The zero-order valence-corrected chi connectivity index (χ0v) is 21.2. The number of methoxy groups -OCH3 is 1. The highest BCUT2D eigenvalue weighted by Crippen LogP contribution is 2.32. The highest BCUT2D eigenvalue weighted by atomic mass is 35.5. The molecule has 0 unspecified atom stereocenters. The van der Waals surface area contributed by atoms with Crippen LogP contribution in [0.4, 0.5) is 5.69 Å². The molecule has 34 heavy (non-hydrogen) atoms. The van der Waals surface area contributed by atoms with Gasteiger partial charge in [0.05, 0.1) is 30.9 Å². The number of esters is 1. The lowest BCUT2D eigenvalue weighted by Crippen LogP contribution is -2.47. The molecule has 7 nitrogen and oxygen atoms in total. The molecule has 0 N–H and O–H groups in total. The molecule has 9 heteroatoms. The summed E-state index contributed by atoms with van der Waals surface area (Å²) >= 11 is 7.12. The van der Waals surface area contributed by atoms with E-state index in [0.29, 0.717) is 41.8 Å². The van der Waals surface area contributed by atoms with Gasteiger partial charge < -0.3 is 14.4 Å². The second kappa shape index (κ2) is 11.0. The standard InChI is InChI=1S/C25H27ClN2O5S/c1-25(2,3)10-9-19-15-20(22(34-19)24(31)32-4)28(16-21(29)27-11-13-33-14-12-27)23(30)17-5-7-18(26)8-6-17/h5-8,15H,11-14,16H2,1-4H3. The summed E-state index contributed by atoms with van der Waals surface area (Å²) < 4.78 is 10.3. The molecule has 2 amide bonds. The Morgan fingerprint density at radius 3 is 2.41 bits per heavy atom. The van der Waals surface area contributed by atoms with E-state index in [9.17, 15) is 14.4 Å². The third-order valence-corrected chi connectivity index (χ3v) is 6.20. The van der Waals surface area contributed by atoms with E-state index in [1.807, 2.05) is 20.8 Å². The summed E-state index contributed by atoms with van der Waals surface area (Å²) in [5.74, 6) is 4.94. The van der Waals surface area contributed by atoms with Crippen molar-refractivity contribution in [3.63, 3.8) is 0 Å². The van der Waals surface area contributed by atoms with E-state index in [1.165, 1.54) is 12.0 Å². The fourth-order valence-corrected chi connectivity index (χ4v) is 4.25. The molecule has 0 atom stereocenters. The van der Waals surface area contributed by atoms with Crippen LogP contribution in [-0.4, -0.2) is 62.6 Å². The topological polar surface area (TPSA) is 76.2 Å². The zero-order valence-electron chi connectivity index (χ0n) is 19.6. The first-order valence-electron chi connectivity index (χ1n) is 10.8. The van der Waals surface area contributed by atoms with Gasteiger partial charge >= 0.3 is 5.97 Å². The molecule has 0 radical (unpaired) electrons. The van der Waals surface area contributed by atoms with Crippen LogP contribution in [0.15, 0.2) is 30.3 Å². The lowest BCUT2D eigenvalue weighted by molar-refractivity contribution is -0.133. The summed E-state index contributed by atoms with van der Waals surface area (Å²) in [5, 5.41) is 0.484. The molecule has 2 heterocycles. The van der Waals surface area contributed by atoms with Gasteiger partial charge in [-0.25, -0.2) is 4.79 Å². The number of carbonyl (C=O) groups is 3. The van der Waals surface area contributed by atoms with Crippen LogP contribution >= 0.6 is 22.9 Å². The Kier molecular flexibility index (Phi) is 8.37. The molecular formula is C25H27ClN2O5S. The van der Waals surface area contributed by atoms with Crippen molar-refractivity contribution in [3.05, 3.63) is 50.7 Å². The average molecular weight is 503 g/mol. The van der Waals surface area contributed by atoms with Crippen LogP contribution in [0.5, 0.6) is 0 Å². The second-order valence-corrected chi connectivity index (χ2v) is 10.2. The summed E-state index contributed by atoms with van der Waals surface area (Å²) in [6.45, 7) is 7.46. The zero-order chi connectivity index (χ0) is 24.9. The summed E-state index contributed by atoms with van der Waals surface area (Å²) in [6, 6.07) is 8.04. The van der Waals surface area contributed by atoms with Gasteiger partial charge in [-0.3, -0.25) is 14.5 Å². The van der Waals surface area contributed by atoms with Gasteiger partial charge in [0.2, 0.25) is 5.91 Å². The van der Waals surface area contributed by atoms with E-state index in [0.717, 1.165) is 11.3 Å². The maximum absolute atomic E-state index is 13.6. The van der Waals surface area contributed by atoms with E-state index in [-0.39, 0.29) is 28.4 Å². The van der Waals surface area contributed by atoms with Gasteiger partial charge in [0, 0.05) is 29.1 Å². The predicted octanol–water partition coefficient (Wildman–Crippen LogP) is 4.09. The second-order valence-electron chi connectivity index (χ2n) is 8.71. The molecule has 1 aromatic heterocycles. The molecule has 1 aliphatic rings. The van der Waals surface area contributed by atoms with E-state index in [1.54, 1.807) is 35.2 Å². The van der Waals surface area contributed by atoms with Gasteiger partial charge in [-0.05, 0) is 51.1 Å². The fraction of sp³-hybridized carbons (Fsp3) is 0.400. The molecular weight excluding hydrogens is 476 g/mol. The van der Waals surface area contributed by atoms with Crippen molar-refractivity contribution in [2.75, 3.05) is 44.9 Å². The number of hydrogen-bond acceptors (Lipinski definition) is 6. The van der Waals surface area contributed by atoms with Crippen molar-refractivity contribution in [2.24, 2.45) is 5.41 Å². The molecule has 1 fully saturated rings. The summed E-state index contributed by atoms with van der Waals surface area (Å²) in [6.07, 6.45) is 0. The van der Waals surface area contributed by atoms with Crippen molar-refractivity contribution in [2.45, 2.75) is 20.8 Å². The number of amides is 2. The molecule has 2 aromatic rings. The summed E-state index contributed by atoms with van der Waals surface area (Å²) in [4.78, 5) is 43.0. The van der Waals surface area contributed by atoms with Gasteiger partial charge in [-0.15, -0.1) is 11.3 Å². The fourth-order valence-electron chi connectivity index (χ4n) is 3.19. The first-order chi connectivity index (χ1) is 16.1. The van der Waals surface area contributed by atoms with Crippen LogP contribution in [0.3, 0.4) is 0 Å². The van der Waals surface area contributed by atoms with Crippen LogP contribution in [0.25, 0.3) is 0 Å². The Labute approximate surface area is 208 Å². The van der Waals surface area contributed by atoms with E-state index in [4.69, 9.17) is 21.1 Å². The third-order valence-electron chi connectivity index (χ3n) is 4.93. The third kappa shape index (κ3) is 6.60. The van der Waals surface area contributed by atoms with E-state index >= 15 is 0 Å². The first kappa shape index (κ1) is 25.8. The van der Waals surface area contributed by atoms with Crippen molar-refractivity contribution in [1.82, 2.24) is 4.90 Å². The Bertz CT molecular complexity index is 1120. The lowest BCUT2D eigenvalue weighted by atomic mass is 9.98. The molecule has 180 valence electrons. The van der Waals surface area contributed by atoms with Crippen LogP contribution in [0, 0.1) is 17.3 Å². The Hall–Kier alpha value is -2.86. The molecule has 0 bridgehead atoms. The SMILES string of the molecule is COC(=O)c1sc(C#CC(C)(C)C)cc1N(CC(=O)N1CCOCC1)C(=O)c1ccc(Cl)cc1. The van der Waals surface area contributed by atoms with Gasteiger partial charge in [0.15, 0.2) is 0 Å². The van der Waals surface area contributed by atoms with E-state index in [2.05, 4.69) is 11.8 Å². The normalized spacial score (nSPS) is 13.6. The molecule has 1 saturated heterocycles. The number of nitrogens with zero attached hydrogens (tertiary/aromatic N) is 2. The highest BCUT2D eigenvalue weighted by Gasteiger charge is 2.30. The van der Waals surface area contributed by atoms with Crippen LogP contribution in [0.1, 0.15) is 45.7 Å². The van der Waals surface area contributed by atoms with E-state index < -0.39 is 11.9 Å². The van der Waals surface area contributed by atoms with Crippen molar-refractivity contribution in [1.29, 1.82) is 0 Å². The van der Waals surface area contributed by atoms with Gasteiger partial charge in [0.25, 0.3) is 5.91 Å². The number of ether oxygens (including phenoxy) is 2. The number of halogens is 1. The van der Waals surface area contributed by atoms with Gasteiger partial charge in [0.1, 0.15) is 11.4 Å². The van der Waals surface area contributed by atoms with Crippen LogP contribution in [0.2, 0.25) is 5.02 Å². The quantitative estimate of drug-likeness (QED) is 0.454. The average Bonchev–Trinajstić information content (AvgIpc) is 3.25. The maximum Gasteiger partial charge on any atom is 0.350 e. The Balaban J connectivity index is 2.06. The Morgan fingerprint density at radius 2 is 1.82 bits per heavy atom. The number of rotatable bonds is 5. The monoisotopic (exact) mass is 502 g/mol. The van der Waals surface area contributed by atoms with Gasteiger partial charge in [-0.1, -0.05) is 23.4 Å². The minimum atomic E-state index is -0.600. The van der Waals surface area contributed by atoms with Crippen molar-refractivity contribution < 1.29 is 23.9 Å². The van der Waals surface area contributed by atoms with Crippen molar-refractivity contribution >= 4 is 46.4 Å². The molecule has 0 spiro atoms. The smallest absolute Gasteiger partial charge is 0.350 e. The number of benzene rings is 1. The molecule has 3 rings (SSSR count). The molecule has 1 aromatic carbocycles. The summed E-state index contributed by atoms with van der Waals surface area (Å²) in [7, 11) is 1.27. The number of hydrogen-bond donors (Lipinski definition) is 0. The van der Waals surface area contributed by atoms with Crippen LogP contribution in [-0.2, 0) is 14.3 Å². The lowest BCUT2D eigenvalue weighted by Gasteiger charge is -2.30. The minimum Gasteiger partial charge on any atom is -0.465 e. The number of carbonyl (C=O) groups excluding carboxylic acids is 3. The highest BCUT2D eigenvalue weighted by molar-refractivity contribution is 7.15. The van der Waals surface area contributed by atoms with Gasteiger partial charge in [-0.2, -0.15) is 0 Å². The molecule has 0 saturated carbocycles.